The van der Waals surface area contributed by atoms with Crippen LogP contribution in [0.3, 0.4) is 0 Å². The van der Waals surface area contributed by atoms with Gasteiger partial charge in [-0.1, -0.05) is 25.1 Å². The molecule has 0 bridgehead atoms. The van der Waals surface area contributed by atoms with Crippen LogP contribution < -0.4 is 15.4 Å². The molecule has 0 aliphatic carbocycles. The van der Waals surface area contributed by atoms with Crippen LogP contribution >= 0.6 is 0 Å². The van der Waals surface area contributed by atoms with Gasteiger partial charge in [-0.25, -0.2) is 4.68 Å². The predicted octanol–water partition coefficient (Wildman–Crippen LogP) is 4.74. The van der Waals surface area contributed by atoms with Gasteiger partial charge in [0.1, 0.15) is 0 Å². The van der Waals surface area contributed by atoms with Crippen LogP contribution in [-0.4, -0.2) is 28.7 Å². The average molecular weight is 460 g/mol. The molecule has 0 aliphatic heterocycles. The molecule has 10 heteroatoms. The number of hydrogen-bond acceptors (Lipinski definition) is 4. The van der Waals surface area contributed by atoms with Crippen LogP contribution in [0.15, 0.2) is 54.7 Å². The number of anilines is 1. The summed E-state index contributed by atoms with van der Waals surface area (Å²) in [6.45, 7) is 3.53. The van der Waals surface area contributed by atoms with Gasteiger partial charge in [-0.15, -0.1) is 0 Å². The predicted molar refractivity (Wildman–Crippen MR) is 116 cm³/mol. The monoisotopic (exact) mass is 460 g/mol. The number of carbonyl (C=O) groups excluding carboxylic acids is 2. The number of halogens is 3. The number of aromatic nitrogens is 2. The normalized spacial score (nSPS) is 12.2. The lowest BCUT2D eigenvalue weighted by Crippen LogP contribution is -2.27. The van der Waals surface area contributed by atoms with Crippen LogP contribution in [0.2, 0.25) is 0 Å². The Kier molecular flexibility index (Phi) is 7.05. The lowest BCUT2D eigenvalue weighted by atomic mass is 10.1. The highest BCUT2D eigenvalue weighted by Crippen LogP contribution is 2.31. The van der Waals surface area contributed by atoms with Crippen molar-refractivity contribution in [1.29, 1.82) is 0 Å². The minimum Gasteiger partial charge on any atom is -0.493 e. The first-order valence-corrected chi connectivity index (χ1v) is 10.1. The standard InChI is InChI=1S/C23H23F3N4O3/c1-4-20(31)28-17-10-8-15(9-11-17)14(2)27-22(32)21-19(33-3)13-30(29-21)18-7-5-6-16(12-18)23(24,25)26/h5-14H,4H2,1-3H3,(H,27,32)(H,28,31). The van der Waals surface area contributed by atoms with E-state index in [1.54, 1.807) is 38.1 Å². The summed E-state index contributed by atoms with van der Waals surface area (Å²) in [7, 11) is 1.34. The maximum absolute atomic E-state index is 13.0. The molecule has 0 spiro atoms. The SMILES string of the molecule is CCC(=O)Nc1ccc(C(C)NC(=O)c2nn(-c3cccc(C(F)(F)F)c3)cc2OC)cc1. The number of hydrogen-bond donors (Lipinski definition) is 2. The average Bonchev–Trinajstić information content (AvgIpc) is 3.23. The molecular weight excluding hydrogens is 437 g/mol. The summed E-state index contributed by atoms with van der Waals surface area (Å²) >= 11 is 0. The maximum atomic E-state index is 13.0. The molecule has 2 amide bonds. The Balaban J connectivity index is 1.78. The third kappa shape index (κ3) is 5.71. The summed E-state index contributed by atoms with van der Waals surface area (Å²) in [6.07, 6.45) is -2.79. The van der Waals surface area contributed by atoms with Gasteiger partial charge in [0, 0.05) is 12.1 Å². The van der Waals surface area contributed by atoms with E-state index >= 15 is 0 Å². The van der Waals surface area contributed by atoms with Gasteiger partial charge in [0.15, 0.2) is 11.4 Å². The molecule has 0 saturated carbocycles. The number of amides is 2. The summed E-state index contributed by atoms with van der Waals surface area (Å²) in [5.41, 5.74) is 0.681. The van der Waals surface area contributed by atoms with Crippen molar-refractivity contribution in [3.8, 4) is 11.4 Å². The fourth-order valence-electron chi connectivity index (χ4n) is 3.07. The summed E-state index contributed by atoms with van der Waals surface area (Å²) in [5.74, 6) is -0.532. The molecule has 3 rings (SSSR count). The van der Waals surface area contributed by atoms with Crippen LogP contribution in [0, 0.1) is 0 Å². The highest BCUT2D eigenvalue weighted by atomic mass is 19.4. The lowest BCUT2D eigenvalue weighted by Gasteiger charge is -2.14. The Hall–Kier alpha value is -3.82. The number of nitrogens with one attached hydrogen (secondary N) is 2. The molecule has 1 heterocycles. The van der Waals surface area contributed by atoms with Gasteiger partial charge >= 0.3 is 6.18 Å². The summed E-state index contributed by atoms with van der Waals surface area (Å²) in [6, 6.07) is 11.2. The van der Waals surface area contributed by atoms with E-state index < -0.39 is 23.7 Å². The van der Waals surface area contributed by atoms with E-state index in [9.17, 15) is 22.8 Å². The zero-order valence-electron chi connectivity index (χ0n) is 18.2. The minimum absolute atomic E-state index is 0.0615. The van der Waals surface area contributed by atoms with Crippen molar-refractivity contribution >= 4 is 17.5 Å². The number of carbonyl (C=O) groups is 2. The molecule has 33 heavy (non-hydrogen) atoms. The number of nitrogens with zero attached hydrogens (tertiary/aromatic N) is 2. The van der Waals surface area contributed by atoms with Crippen molar-refractivity contribution in [1.82, 2.24) is 15.1 Å². The van der Waals surface area contributed by atoms with Crippen molar-refractivity contribution < 1.29 is 27.5 Å². The molecule has 2 aromatic carbocycles. The van der Waals surface area contributed by atoms with E-state index in [1.807, 2.05) is 0 Å². The Labute approximate surface area is 188 Å². The number of alkyl halides is 3. The van der Waals surface area contributed by atoms with E-state index in [4.69, 9.17) is 4.74 Å². The maximum Gasteiger partial charge on any atom is 0.416 e. The molecule has 0 saturated heterocycles. The molecule has 0 fully saturated rings. The summed E-state index contributed by atoms with van der Waals surface area (Å²) in [5, 5.41) is 9.68. The molecule has 1 aromatic heterocycles. The van der Waals surface area contributed by atoms with E-state index in [0.29, 0.717) is 12.1 Å². The van der Waals surface area contributed by atoms with E-state index in [2.05, 4.69) is 15.7 Å². The molecule has 0 aliphatic rings. The smallest absolute Gasteiger partial charge is 0.416 e. The fourth-order valence-corrected chi connectivity index (χ4v) is 3.07. The Bertz CT molecular complexity index is 1140. The largest absolute Gasteiger partial charge is 0.493 e. The minimum atomic E-state index is -4.50. The number of ether oxygens (including phenoxy) is 1. The van der Waals surface area contributed by atoms with Gasteiger partial charge < -0.3 is 15.4 Å². The van der Waals surface area contributed by atoms with Crippen molar-refractivity contribution in [3.63, 3.8) is 0 Å². The highest BCUT2D eigenvalue weighted by Gasteiger charge is 2.31. The second-order valence-electron chi connectivity index (χ2n) is 7.26. The molecule has 0 radical (unpaired) electrons. The van der Waals surface area contributed by atoms with Gasteiger partial charge in [0.25, 0.3) is 5.91 Å². The van der Waals surface area contributed by atoms with Gasteiger partial charge in [-0.3, -0.25) is 9.59 Å². The van der Waals surface area contributed by atoms with Crippen LogP contribution in [0.4, 0.5) is 18.9 Å². The Morgan fingerprint density at radius 1 is 1.15 bits per heavy atom. The third-order valence-electron chi connectivity index (χ3n) is 4.92. The van der Waals surface area contributed by atoms with Crippen molar-refractivity contribution in [3.05, 3.63) is 71.5 Å². The molecule has 174 valence electrons. The first-order chi connectivity index (χ1) is 15.6. The van der Waals surface area contributed by atoms with Crippen LogP contribution in [0.1, 0.15) is 47.9 Å². The summed E-state index contributed by atoms with van der Waals surface area (Å²) in [4.78, 5) is 24.3. The molecular formula is C23H23F3N4O3. The van der Waals surface area contributed by atoms with Crippen molar-refractivity contribution in [2.24, 2.45) is 0 Å². The molecule has 1 unspecified atom stereocenters. The number of rotatable bonds is 7. The first kappa shape index (κ1) is 23.8. The Morgan fingerprint density at radius 2 is 1.85 bits per heavy atom. The Morgan fingerprint density at radius 3 is 2.45 bits per heavy atom. The lowest BCUT2D eigenvalue weighted by molar-refractivity contribution is -0.137. The third-order valence-corrected chi connectivity index (χ3v) is 4.92. The van der Waals surface area contributed by atoms with E-state index in [-0.39, 0.29) is 23.0 Å². The first-order valence-electron chi connectivity index (χ1n) is 10.1. The molecule has 7 nitrogen and oxygen atoms in total. The van der Waals surface area contributed by atoms with E-state index in [0.717, 1.165) is 17.7 Å². The summed E-state index contributed by atoms with van der Waals surface area (Å²) < 4.78 is 45.5. The quantitative estimate of drug-likeness (QED) is 0.534. The number of benzene rings is 2. The van der Waals surface area contributed by atoms with E-state index in [1.165, 1.54) is 30.1 Å². The fraction of sp³-hybridized carbons (Fsp3) is 0.261. The van der Waals surface area contributed by atoms with Crippen LogP contribution in [-0.2, 0) is 11.0 Å². The van der Waals surface area contributed by atoms with Gasteiger partial charge in [-0.05, 0) is 42.8 Å². The van der Waals surface area contributed by atoms with Crippen molar-refractivity contribution in [2.75, 3.05) is 12.4 Å². The van der Waals surface area contributed by atoms with Gasteiger partial charge in [0.2, 0.25) is 5.91 Å². The second-order valence-corrected chi connectivity index (χ2v) is 7.26. The van der Waals surface area contributed by atoms with Gasteiger partial charge in [0.05, 0.1) is 30.6 Å². The molecule has 3 aromatic rings. The second kappa shape index (κ2) is 9.76. The number of methoxy groups -OCH3 is 1. The van der Waals surface area contributed by atoms with Crippen molar-refractivity contribution in [2.45, 2.75) is 32.5 Å². The van der Waals surface area contributed by atoms with Crippen LogP contribution in [0.25, 0.3) is 5.69 Å². The van der Waals surface area contributed by atoms with Crippen LogP contribution in [0.5, 0.6) is 5.75 Å². The zero-order chi connectivity index (χ0) is 24.2. The topological polar surface area (TPSA) is 85.3 Å². The molecule has 2 N–H and O–H groups in total. The molecule has 1 atom stereocenters. The van der Waals surface area contributed by atoms with Gasteiger partial charge in [-0.2, -0.15) is 18.3 Å². The highest BCUT2D eigenvalue weighted by molar-refractivity contribution is 5.95. The zero-order valence-corrected chi connectivity index (χ0v) is 18.2.